The molecule has 2 aromatic rings. The fraction of sp³-hybridized carbons (Fsp3) is 0.409. The zero-order valence-corrected chi connectivity index (χ0v) is 18.2. The number of benzene rings is 2. The summed E-state index contributed by atoms with van der Waals surface area (Å²) >= 11 is 1.84. The highest BCUT2D eigenvalue weighted by atomic mass is 32.2. The van der Waals surface area contributed by atoms with Gasteiger partial charge < -0.3 is 25.2 Å². The third-order valence-electron chi connectivity index (χ3n) is 3.98. The highest BCUT2D eigenvalue weighted by Crippen LogP contribution is 2.28. The Labute approximate surface area is 177 Å². The molecule has 7 heteroatoms. The molecule has 158 valence electrons. The van der Waals surface area contributed by atoms with Gasteiger partial charge in [0.15, 0.2) is 17.5 Å². The van der Waals surface area contributed by atoms with Crippen LogP contribution in [0.1, 0.15) is 19.4 Å². The van der Waals surface area contributed by atoms with Crippen LogP contribution in [0.25, 0.3) is 0 Å². The lowest BCUT2D eigenvalue weighted by atomic mass is 10.2. The lowest BCUT2D eigenvalue weighted by molar-refractivity contribution is 0.196. The first-order chi connectivity index (χ1) is 14.2. The molecule has 0 aliphatic heterocycles. The Hall–Kier alpha value is -2.38. The van der Waals surface area contributed by atoms with Crippen LogP contribution in [0.4, 0.5) is 0 Å². The molecule has 0 heterocycles. The van der Waals surface area contributed by atoms with Crippen molar-refractivity contribution in [1.82, 2.24) is 10.6 Å². The van der Waals surface area contributed by atoms with E-state index in [4.69, 9.17) is 14.6 Å². The molecule has 6 nitrogen and oxygen atoms in total. The molecule has 0 aliphatic rings. The van der Waals surface area contributed by atoms with Crippen LogP contribution in [0.15, 0.2) is 58.4 Å². The molecule has 0 aromatic heterocycles. The van der Waals surface area contributed by atoms with E-state index in [1.165, 1.54) is 4.90 Å². The number of nitrogens with one attached hydrogen (secondary N) is 2. The van der Waals surface area contributed by atoms with Crippen LogP contribution in [0.3, 0.4) is 0 Å². The normalized spacial score (nSPS) is 12.3. The summed E-state index contributed by atoms with van der Waals surface area (Å²) in [6.07, 6.45) is 0. The number of guanidine groups is 1. The predicted octanol–water partition coefficient (Wildman–Crippen LogP) is 3.30. The first kappa shape index (κ1) is 22.9. The van der Waals surface area contributed by atoms with Gasteiger partial charge in [0.1, 0.15) is 6.61 Å². The van der Waals surface area contributed by atoms with Crippen LogP contribution in [-0.2, 0) is 6.54 Å². The average Bonchev–Trinajstić information content (AvgIpc) is 2.75. The smallest absolute Gasteiger partial charge is 0.191 e. The molecule has 1 atom stereocenters. The number of nitrogens with zero attached hydrogens (tertiary/aromatic N) is 1. The number of methoxy groups -OCH3 is 1. The van der Waals surface area contributed by atoms with E-state index in [1.54, 1.807) is 7.11 Å². The Balaban J connectivity index is 1.93. The van der Waals surface area contributed by atoms with Crippen LogP contribution in [0.2, 0.25) is 0 Å². The van der Waals surface area contributed by atoms with Gasteiger partial charge >= 0.3 is 0 Å². The van der Waals surface area contributed by atoms with Gasteiger partial charge in [0.25, 0.3) is 0 Å². The molecular weight excluding hydrogens is 386 g/mol. The largest absolute Gasteiger partial charge is 0.493 e. The van der Waals surface area contributed by atoms with Crippen LogP contribution >= 0.6 is 11.8 Å². The molecule has 2 rings (SSSR count). The summed E-state index contributed by atoms with van der Waals surface area (Å²) in [4.78, 5) is 5.94. The van der Waals surface area contributed by atoms with E-state index in [0.29, 0.717) is 23.3 Å². The van der Waals surface area contributed by atoms with Gasteiger partial charge in [0.05, 0.1) is 20.3 Å². The van der Waals surface area contributed by atoms with Gasteiger partial charge in [-0.3, -0.25) is 0 Å². The van der Waals surface area contributed by atoms with Crippen molar-refractivity contribution in [3.05, 3.63) is 54.1 Å². The monoisotopic (exact) mass is 417 g/mol. The molecule has 0 saturated carbocycles. The highest BCUT2D eigenvalue weighted by molar-refractivity contribution is 8.00. The lowest BCUT2D eigenvalue weighted by Gasteiger charge is -2.16. The Bertz CT molecular complexity index is 756. The molecule has 0 bridgehead atoms. The van der Waals surface area contributed by atoms with Crippen LogP contribution in [0, 0.1) is 0 Å². The minimum atomic E-state index is -0.0338. The SMILES string of the molecule is CCNC(=NCc1ccc(OCCO)c(OC)c1)NCC(C)Sc1ccccc1. The summed E-state index contributed by atoms with van der Waals surface area (Å²) in [6, 6.07) is 16.1. The Kier molecular flexibility index (Phi) is 10.2. The average molecular weight is 418 g/mol. The number of hydrogen-bond donors (Lipinski definition) is 3. The molecule has 0 fully saturated rings. The molecule has 3 N–H and O–H groups in total. The number of hydrogen-bond acceptors (Lipinski definition) is 5. The minimum Gasteiger partial charge on any atom is -0.493 e. The third kappa shape index (κ3) is 8.25. The predicted molar refractivity (Wildman–Crippen MR) is 120 cm³/mol. The molecule has 0 radical (unpaired) electrons. The molecular formula is C22H31N3O3S. The van der Waals surface area contributed by atoms with Crippen molar-refractivity contribution < 1.29 is 14.6 Å². The van der Waals surface area contributed by atoms with Gasteiger partial charge in [-0.1, -0.05) is 31.2 Å². The molecule has 1 unspecified atom stereocenters. The molecule has 0 amide bonds. The van der Waals surface area contributed by atoms with E-state index < -0.39 is 0 Å². The molecule has 0 saturated heterocycles. The van der Waals surface area contributed by atoms with Gasteiger partial charge in [-0.2, -0.15) is 0 Å². The maximum atomic E-state index is 8.91. The summed E-state index contributed by atoms with van der Waals surface area (Å²) in [7, 11) is 1.60. The van der Waals surface area contributed by atoms with Crippen LogP contribution in [0.5, 0.6) is 11.5 Å². The second kappa shape index (κ2) is 13.0. The number of rotatable bonds is 11. The minimum absolute atomic E-state index is 0.0338. The number of aliphatic hydroxyl groups excluding tert-OH is 1. The van der Waals surface area contributed by atoms with Gasteiger partial charge in [-0.25, -0.2) is 4.99 Å². The zero-order valence-electron chi connectivity index (χ0n) is 17.4. The number of ether oxygens (including phenoxy) is 2. The fourth-order valence-corrected chi connectivity index (χ4v) is 3.56. The first-order valence-corrected chi connectivity index (χ1v) is 10.7. The van der Waals surface area contributed by atoms with Crippen molar-refractivity contribution in [2.45, 2.75) is 30.5 Å². The Morgan fingerprint density at radius 3 is 2.62 bits per heavy atom. The second-order valence-corrected chi connectivity index (χ2v) is 7.89. The number of aliphatic hydroxyl groups is 1. The van der Waals surface area contributed by atoms with E-state index in [2.05, 4.69) is 53.7 Å². The first-order valence-electron chi connectivity index (χ1n) is 9.80. The van der Waals surface area contributed by atoms with Crippen molar-refractivity contribution in [3.63, 3.8) is 0 Å². The Morgan fingerprint density at radius 2 is 1.93 bits per heavy atom. The number of thioether (sulfide) groups is 1. The van der Waals surface area contributed by atoms with E-state index >= 15 is 0 Å². The van der Waals surface area contributed by atoms with Crippen molar-refractivity contribution in [2.75, 3.05) is 33.4 Å². The Morgan fingerprint density at radius 1 is 1.14 bits per heavy atom. The molecule has 0 aliphatic carbocycles. The van der Waals surface area contributed by atoms with Crippen molar-refractivity contribution in [2.24, 2.45) is 4.99 Å². The van der Waals surface area contributed by atoms with E-state index in [0.717, 1.165) is 24.6 Å². The summed E-state index contributed by atoms with van der Waals surface area (Å²) in [5, 5.41) is 16.0. The number of aliphatic imine (C=N–C) groups is 1. The van der Waals surface area contributed by atoms with Gasteiger partial charge in [0.2, 0.25) is 0 Å². The highest BCUT2D eigenvalue weighted by Gasteiger charge is 2.08. The molecule has 0 spiro atoms. The maximum absolute atomic E-state index is 8.91. The van der Waals surface area contributed by atoms with E-state index in [9.17, 15) is 0 Å². The van der Waals surface area contributed by atoms with Crippen LogP contribution in [-0.4, -0.2) is 49.7 Å². The van der Waals surface area contributed by atoms with Crippen molar-refractivity contribution >= 4 is 17.7 Å². The maximum Gasteiger partial charge on any atom is 0.191 e. The van der Waals surface area contributed by atoms with Crippen molar-refractivity contribution in [1.29, 1.82) is 0 Å². The zero-order chi connectivity index (χ0) is 20.9. The quantitative estimate of drug-likeness (QED) is 0.296. The topological polar surface area (TPSA) is 75.1 Å². The van der Waals surface area contributed by atoms with E-state index in [1.807, 2.05) is 36.0 Å². The summed E-state index contributed by atoms with van der Waals surface area (Å²) < 4.78 is 10.9. The summed E-state index contributed by atoms with van der Waals surface area (Å²) in [5.41, 5.74) is 1.02. The van der Waals surface area contributed by atoms with Gasteiger partial charge in [-0.15, -0.1) is 11.8 Å². The molecule has 29 heavy (non-hydrogen) atoms. The third-order valence-corrected chi connectivity index (χ3v) is 5.09. The lowest BCUT2D eigenvalue weighted by Crippen LogP contribution is -2.40. The fourth-order valence-electron chi connectivity index (χ4n) is 2.61. The standard InChI is InChI=1S/C22H31N3O3S/c1-4-23-22(24-15-17(2)29-19-8-6-5-7-9-19)25-16-18-10-11-20(28-13-12-26)21(14-18)27-3/h5-11,14,17,26H,4,12-13,15-16H2,1-3H3,(H2,23,24,25). The summed E-state index contributed by atoms with van der Waals surface area (Å²) in [6.45, 7) is 6.58. The van der Waals surface area contributed by atoms with Gasteiger partial charge in [0, 0.05) is 23.2 Å². The van der Waals surface area contributed by atoms with E-state index in [-0.39, 0.29) is 13.2 Å². The van der Waals surface area contributed by atoms with Gasteiger partial charge in [-0.05, 0) is 36.8 Å². The van der Waals surface area contributed by atoms with Crippen molar-refractivity contribution in [3.8, 4) is 11.5 Å². The molecule has 2 aromatic carbocycles. The summed E-state index contributed by atoms with van der Waals surface area (Å²) in [5.74, 6) is 2.04. The second-order valence-electron chi connectivity index (χ2n) is 6.37. The van der Waals surface area contributed by atoms with Crippen LogP contribution < -0.4 is 20.1 Å².